The van der Waals surface area contributed by atoms with Gasteiger partial charge in [-0.3, -0.25) is 0 Å². The Morgan fingerprint density at radius 1 is 1.38 bits per heavy atom. The first kappa shape index (κ1) is 9.59. The predicted molar refractivity (Wildman–Crippen MR) is 59.6 cm³/mol. The minimum atomic E-state index is -2.85. The molecule has 6 nitrogen and oxygen atoms in total. The van der Waals surface area contributed by atoms with E-state index in [9.17, 15) is 8.42 Å². The smallest absolute Gasteiger partial charge is 0.154 e. The van der Waals surface area contributed by atoms with E-state index in [1.54, 1.807) is 16.8 Å². The summed E-state index contributed by atoms with van der Waals surface area (Å²) in [6.45, 7) is 0. The molecule has 1 saturated heterocycles. The molecule has 0 atom stereocenters. The van der Waals surface area contributed by atoms with Crippen LogP contribution in [0, 0.1) is 0 Å². The lowest BCUT2D eigenvalue weighted by atomic mass is 10.2. The van der Waals surface area contributed by atoms with Crippen molar-refractivity contribution in [1.82, 2.24) is 15.0 Å². The highest BCUT2D eigenvalue weighted by atomic mass is 32.2. The molecule has 0 amide bonds. The molecule has 1 aromatic carbocycles. The summed E-state index contributed by atoms with van der Waals surface area (Å²) in [7, 11) is -2.85. The maximum atomic E-state index is 11.1. The van der Waals surface area contributed by atoms with Crippen LogP contribution in [0.3, 0.4) is 0 Å². The molecule has 16 heavy (non-hydrogen) atoms. The third-order valence-corrected chi connectivity index (χ3v) is 4.52. The second-order valence-corrected chi connectivity index (χ2v) is 6.17. The van der Waals surface area contributed by atoms with E-state index in [1.165, 1.54) is 0 Å². The van der Waals surface area contributed by atoms with Crippen molar-refractivity contribution in [1.29, 1.82) is 0 Å². The summed E-state index contributed by atoms with van der Waals surface area (Å²) in [6.07, 6.45) is 0. The summed E-state index contributed by atoms with van der Waals surface area (Å²) in [6, 6.07) is 5.22. The topological polar surface area (TPSA) is 90.9 Å². The van der Waals surface area contributed by atoms with Gasteiger partial charge in [0.1, 0.15) is 5.52 Å². The van der Waals surface area contributed by atoms with Crippen molar-refractivity contribution >= 4 is 26.6 Å². The van der Waals surface area contributed by atoms with Crippen molar-refractivity contribution in [2.75, 3.05) is 17.2 Å². The van der Waals surface area contributed by atoms with Gasteiger partial charge in [-0.1, -0.05) is 5.21 Å². The molecule has 7 heteroatoms. The van der Waals surface area contributed by atoms with Gasteiger partial charge < -0.3 is 5.73 Å². The minimum Gasteiger partial charge on any atom is -0.399 e. The zero-order chi connectivity index (χ0) is 11.3. The number of aromatic nitrogens is 3. The van der Waals surface area contributed by atoms with Crippen LogP contribution in [0.2, 0.25) is 0 Å². The molecule has 1 aliphatic heterocycles. The molecule has 0 unspecified atom stereocenters. The van der Waals surface area contributed by atoms with Gasteiger partial charge in [0, 0.05) is 5.69 Å². The van der Waals surface area contributed by atoms with Gasteiger partial charge in [0.05, 0.1) is 23.1 Å². The number of hydrogen-bond donors (Lipinski definition) is 1. The van der Waals surface area contributed by atoms with Crippen LogP contribution in [0.4, 0.5) is 5.69 Å². The number of nitrogens with two attached hydrogens (primary N) is 1. The Labute approximate surface area is 92.0 Å². The molecule has 1 fully saturated rings. The first-order chi connectivity index (χ1) is 7.55. The zero-order valence-corrected chi connectivity index (χ0v) is 9.18. The lowest BCUT2D eigenvalue weighted by Crippen LogP contribution is -2.38. The van der Waals surface area contributed by atoms with Gasteiger partial charge in [0.25, 0.3) is 0 Å². The van der Waals surface area contributed by atoms with Gasteiger partial charge in [0.15, 0.2) is 9.84 Å². The average molecular weight is 238 g/mol. The van der Waals surface area contributed by atoms with Crippen molar-refractivity contribution in [3.8, 4) is 0 Å². The van der Waals surface area contributed by atoms with Crippen LogP contribution in [0.15, 0.2) is 18.2 Å². The Bertz CT molecular complexity index is 649. The zero-order valence-electron chi connectivity index (χ0n) is 8.37. The van der Waals surface area contributed by atoms with E-state index in [-0.39, 0.29) is 17.5 Å². The van der Waals surface area contributed by atoms with Gasteiger partial charge in [-0.15, -0.1) is 5.10 Å². The van der Waals surface area contributed by atoms with Crippen molar-refractivity contribution in [2.45, 2.75) is 6.04 Å². The second kappa shape index (κ2) is 2.94. The van der Waals surface area contributed by atoms with E-state index in [2.05, 4.69) is 10.3 Å². The van der Waals surface area contributed by atoms with E-state index in [0.29, 0.717) is 11.2 Å². The Hall–Kier alpha value is -1.63. The number of benzene rings is 1. The van der Waals surface area contributed by atoms with Gasteiger partial charge in [0.2, 0.25) is 0 Å². The molecule has 0 radical (unpaired) electrons. The number of hydrogen-bond acceptors (Lipinski definition) is 5. The molecule has 2 aromatic rings. The van der Waals surface area contributed by atoms with Crippen LogP contribution in [-0.2, 0) is 9.84 Å². The monoisotopic (exact) mass is 238 g/mol. The van der Waals surface area contributed by atoms with Gasteiger partial charge in [-0.05, 0) is 18.2 Å². The maximum absolute atomic E-state index is 11.1. The molecule has 3 rings (SSSR count). The van der Waals surface area contributed by atoms with E-state index in [1.807, 2.05) is 6.07 Å². The third kappa shape index (κ3) is 1.35. The summed E-state index contributed by atoms with van der Waals surface area (Å²) in [5.41, 5.74) is 7.78. The van der Waals surface area contributed by atoms with Gasteiger partial charge in [-0.25, -0.2) is 13.1 Å². The fourth-order valence-electron chi connectivity index (χ4n) is 1.91. The molecule has 0 saturated carbocycles. The first-order valence-electron chi connectivity index (χ1n) is 4.86. The Balaban J connectivity index is 2.06. The lowest BCUT2D eigenvalue weighted by Gasteiger charge is -2.25. The number of sulfone groups is 1. The summed E-state index contributed by atoms with van der Waals surface area (Å²) in [5, 5.41) is 7.94. The highest BCUT2D eigenvalue weighted by Gasteiger charge is 2.36. The number of anilines is 1. The largest absolute Gasteiger partial charge is 0.399 e. The van der Waals surface area contributed by atoms with E-state index in [4.69, 9.17) is 5.73 Å². The Morgan fingerprint density at radius 2 is 2.12 bits per heavy atom. The van der Waals surface area contributed by atoms with Gasteiger partial charge in [-0.2, -0.15) is 0 Å². The lowest BCUT2D eigenvalue weighted by molar-refractivity contribution is 0.474. The molecule has 84 valence electrons. The van der Waals surface area contributed by atoms with Crippen LogP contribution in [-0.4, -0.2) is 34.9 Å². The summed E-state index contributed by atoms with van der Waals surface area (Å²) in [5.74, 6) is 0.297. The van der Waals surface area contributed by atoms with Crippen LogP contribution in [0.5, 0.6) is 0 Å². The highest BCUT2D eigenvalue weighted by molar-refractivity contribution is 7.92. The summed E-state index contributed by atoms with van der Waals surface area (Å²) >= 11 is 0. The standard InChI is InChI=1S/C9H10N4O2S/c10-6-1-2-9-8(3-6)11-12-13(9)7-4-16(14,15)5-7/h1-3,7H,4-5,10H2. The SMILES string of the molecule is Nc1ccc2c(c1)nnn2C1CS(=O)(=O)C1. The van der Waals surface area contributed by atoms with Gasteiger partial charge >= 0.3 is 0 Å². The van der Waals surface area contributed by atoms with E-state index < -0.39 is 9.84 Å². The average Bonchev–Trinajstić information content (AvgIpc) is 2.56. The van der Waals surface area contributed by atoms with Crippen LogP contribution in [0.25, 0.3) is 11.0 Å². The minimum absolute atomic E-state index is 0.0846. The summed E-state index contributed by atoms with van der Waals surface area (Å²) in [4.78, 5) is 0. The quantitative estimate of drug-likeness (QED) is 0.705. The predicted octanol–water partition coefficient (Wildman–Crippen LogP) is -0.0170. The van der Waals surface area contributed by atoms with Crippen molar-refractivity contribution in [3.63, 3.8) is 0 Å². The van der Waals surface area contributed by atoms with Crippen molar-refractivity contribution in [2.24, 2.45) is 0 Å². The fraction of sp³-hybridized carbons (Fsp3) is 0.333. The molecule has 0 spiro atoms. The first-order valence-corrected chi connectivity index (χ1v) is 6.68. The molecular formula is C9H10N4O2S. The Morgan fingerprint density at radius 3 is 2.81 bits per heavy atom. The number of nitrogen functional groups attached to an aromatic ring is 1. The molecule has 1 aliphatic rings. The van der Waals surface area contributed by atoms with Crippen LogP contribution >= 0.6 is 0 Å². The summed E-state index contributed by atoms with van der Waals surface area (Å²) < 4.78 is 23.9. The maximum Gasteiger partial charge on any atom is 0.154 e. The van der Waals surface area contributed by atoms with Crippen molar-refractivity contribution < 1.29 is 8.42 Å². The van der Waals surface area contributed by atoms with E-state index in [0.717, 1.165) is 5.52 Å². The number of nitrogens with zero attached hydrogens (tertiary/aromatic N) is 3. The number of rotatable bonds is 1. The molecule has 0 bridgehead atoms. The Kier molecular flexibility index (Phi) is 1.76. The third-order valence-electron chi connectivity index (χ3n) is 2.73. The molecule has 2 N–H and O–H groups in total. The normalized spacial score (nSPS) is 19.8. The second-order valence-electron chi connectivity index (χ2n) is 4.01. The fourth-order valence-corrected chi connectivity index (χ4v) is 3.26. The molecule has 0 aliphatic carbocycles. The molecule has 1 aromatic heterocycles. The highest BCUT2D eigenvalue weighted by Crippen LogP contribution is 2.26. The number of fused-ring (bicyclic) bond motifs is 1. The van der Waals surface area contributed by atoms with Crippen LogP contribution < -0.4 is 5.73 Å². The van der Waals surface area contributed by atoms with Crippen molar-refractivity contribution in [3.05, 3.63) is 18.2 Å². The van der Waals surface area contributed by atoms with Crippen LogP contribution in [0.1, 0.15) is 6.04 Å². The molecular weight excluding hydrogens is 228 g/mol. The van der Waals surface area contributed by atoms with E-state index >= 15 is 0 Å². The molecule has 2 heterocycles.